The predicted octanol–water partition coefficient (Wildman–Crippen LogP) is 1.43. The van der Waals surface area contributed by atoms with Gasteiger partial charge in [-0.2, -0.15) is 0 Å². The van der Waals surface area contributed by atoms with Crippen LogP contribution in [0.15, 0.2) is 30.3 Å². The van der Waals surface area contributed by atoms with E-state index in [2.05, 4.69) is 17.2 Å². The van der Waals surface area contributed by atoms with Gasteiger partial charge in [-0.15, -0.1) is 0 Å². The number of nitrogens with two attached hydrogens (primary N) is 2. The summed E-state index contributed by atoms with van der Waals surface area (Å²) in [6, 6.07) is 5.99. The Morgan fingerprint density at radius 2 is 1.91 bits per heavy atom. The van der Waals surface area contributed by atoms with E-state index in [1.807, 2.05) is 13.0 Å². The van der Waals surface area contributed by atoms with E-state index < -0.39 is 23.4 Å². The lowest BCUT2D eigenvalue weighted by molar-refractivity contribution is -0.121. The van der Waals surface area contributed by atoms with Crippen molar-refractivity contribution in [2.24, 2.45) is 11.5 Å². The summed E-state index contributed by atoms with van der Waals surface area (Å²) in [6.07, 6.45) is 4.43. The summed E-state index contributed by atoms with van der Waals surface area (Å²) in [7, 11) is 0. The Morgan fingerprint density at radius 3 is 2.39 bits per heavy atom. The monoisotopic (exact) mass is 313 g/mol. The van der Waals surface area contributed by atoms with Crippen molar-refractivity contribution < 1.29 is 9.59 Å². The molecule has 1 aromatic carbocycles. The fourth-order valence-electron chi connectivity index (χ4n) is 1.88. The first-order valence-corrected chi connectivity index (χ1v) is 7.39. The molecular weight excluding hydrogens is 290 g/mol. The molecule has 0 aliphatic heterocycles. The van der Waals surface area contributed by atoms with Gasteiger partial charge < -0.3 is 16.8 Å². The molecule has 0 aliphatic rings. The van der Waals surface area contributed by atoms with Gasteiger partial charge in [0.25, 0.3) is 5.91 Å². The Bertz CT molecular complexity index is 644. The third-order valence-corrected chi connectivity index (χ3v) is 3.11. The van der Waals surface area contributed by atoms with Crippen LogP contribution in [0.25, 0.3) is 6.08 Å². The third-order valence-electron chi connectivity index (χ3n) is 3.11. The highest BCUT2D eigenvalue weighted by molar-refractivity contribution is 5.97. The average molecular weight is 313 g/mol. The number of hydrogen-bond donors (Lipinski definition) is 3. The van der Waals surface area contributed by atoms with E-state index in [0.29, 0.717) is 5.56 Å². The number of carbonyl (C=O) groups is 2. The number of benzene rings is 1. The molecule has 0 saturated heterocycles. The van der Waals surface area contributed by atoms with Crippen molar-refractivity contribution in [1.29, 1.82) is 0 Å². The minimum Gasteiger partial charge on any atom is -0.368 e. The summed E-state index contributed by atoms with van der Waals surface area (Å²) in [5, 5.41) is 2.57. The molecule has 5 N–H and O–H groups in total. The van der Waals surface area contributed by atoms with Crippen molar-refractivity contribution >= 4 is 17.9 Å². The second kappa shape index (κ2) is 8.16. The molecule has 122 valence electrons. The number of primary amides is 1. The Kier molecular flexibility index (Phi) is 6.55. The highest BCUT2D eigenvalue weighted by Crippen LogP contribution is 2.09. The number of hydrogen-bond acceptors (Lipinski definition) is 3. The zero-order chi connectivity index (χ0) is 17.5. The summed E-state index contributed by atoms with van der Waals surface area (Å²) in [5.41, 5.74) is 11.6. The van der Waals surface area contributed by atoms with E-state index in [-0.39, 0.29) is 0 Å². The second-order valence-electron chi connectivity index (χ2n) is 5.76. The van der Waals surface area contributed by atoms with Gasteiger partial charge in [0.1, 0.15) is 6.04 Å². The molecule has 0 heterocycles. The van der Waals surface area contributed by atoms with Crippen LogP contribution in [-0.4, -0.2) is 23.4 Å². The molecule has 1 atom stereocenters. The largest absolute Gasteiger partial charge is 0.368 e. The van der Waals surface area contributed by atoms with Crippen LogP contribution in [0.1, 0.15) is 43.1 Å². The molecular formula is C18H23N3O2. The normalized spacial score (nSPS) is 12.3. The summed E-state index contributed by atoms with van der Waals surface area (Å²) < 4.78 is 0. The molecule has 0 radical (unpaired) electrons. The summed E-state index contributed by atoms with van der Waals surface area (Å²) in [5.74, 6) is 4.78. The maximum Gasteiger partial charge on any atom is 0.251 e. The lowest BCUT2D eigenvalue weighted by Gasteiger charge is -2.28. The summed E-state index contributed by atoms with van der Waals surface area (Å²) >= 11 is 0. The number of allylic oxidation sites excluding steroid dienone is 1. The first kappa shape index (κ1) is 18.5. The van der Waals surface area contributed by atoms with Crippen molar-refractivity contribution in [3.63, 3.8) is 0 Å². The van der Waals surface area contributed by atoms with Gasteiger partial charge in [-0.3, -0.25) is 9.59 Å². The van der Waals surface area contributed by atoms with Gasteiger partial charge in [0.2, 0.25) is 5.91 Å². The summed E-state index contributed by atoms with van der Waals surface area (Å²) in [4.78, 5) is 23.6. The van der Waals surface area contributed by atoms with E-state index >= 15 is 0 Å². The van der Waals surface area contributed by atoms with Crippen LogP contribution in [0.2, 0.25) is 0 Å². The van der Waals surface area contributed by atoms with Gasteiger partial charge in [0.05, 0.1) is 0 Å². The van der Waals surface area contributed by atoms with E-state index in [1.165, 1.54) is 0 Å². The highest BCUT2D eigenvalue weighted by atomic mass is 16.2. The Morgan fingerprint density at radius 1 is 1.30 bits per heavy atom. The standard InChI is InChI=1S/C18H23N3O2/c1-4-5-6-7-8-13-9-11-14(12-10-13)17(23)21-15(16(19)22)18(2,3)20/h7-12,15H,4,20H2,1-3H3,(H2,19,22)(H,21,23)/b8-7+. The van der Waals surface area contributed by atoms with Crippen molar-refractivity contribution in [1.82, 2.24) is 5.32 Å². The lowest BCUT2D eigenvalue weighted by atomic mass is 9.95. The molecule has 0 fully saturated rings. The van der Waals surface area contributed by atoms with Crippen molar-refractivity contribution in [2.45, 2.75) is 38.8 Å². The van der Waals surface area contributed by atoms with Crippen LogP contribution in [-0.2, 0) is 4.79 Å². The number of nitrogens with one attached hydrogen (secondary N) is 1. The van der Waals surface area contributed by atoms with Gasteiger partial charge in [-0.1, -0.05) is 30.9 Å². The molecule has 5 heteroatoms. The molecule has 0 aliphatic carbocycles. The number of carbonyl (C=O) groups excluding carboxylic acids is 2. The van der Waals surface area contributed by atoms with Crippen molar-refractivity contribution in [3.8, 4) is 11.8 Å². The molecule has 1 aromatic rings. The van der Waals surface area contributed by atoms with Crippen LogP contribution >= 0.6 is 0 Å². The molecule has 0 bridgehead atoms. The molecule has 0 spiro atoms. The minimum atomic E-state index is -0.945. The number of rotatable bonds is 5. The highest BCUT2D eigenvalue weighted by Gasteiger charge is 2.31. The van der Waals surface area contributed by atoms with Crippen LogP contribution in [0.3, 0.4) is 0 Å². The molecule has 0 saturated carbocycles. The van der Waals surface area contributed by atoms with Crippen LogP contribution in [0, 0.1) is 11.8 Å². The maximum absolute atomic E-state index is 12.2. The SMILES string of the molecule is CCC#C/C=C/c1ccc(C(=O)NC(C(N)=O)C(C)(C)N)cc1. The zero-order valence-corrected chi connectivity index (χ0v) is 13.7. The fourth-order valence-corrected chi connectivity index (χ4v) is 1.88. The quantitative estimate of drug-likeness (QED) is 0.717. The molecule has 23 heavy (non-hydrogen) atoms. The van der Waals surface area contributed by atoms with Crippen LogP contribution < -0.4 is 16.8 Å². The first-order valence-electron chi connectivity index (χ1n) is 7.39. The molecule has 0 aromatic heterocycles. The summed E-state index contributed by atoms with van der Waals surface area (Å²) in [6.45, 7) is 5.25. The van der Waals surface area contributed by atoms with Crippen molar-refractivity contribution in [3.05, 3.63) is 41.5 Å². The first-order chi connectivity index (χ1) is 10.8. The van der Waals surface area contributed by atoms with Crippen LogP contribution in [0.5, 0.6) is 0 Å². The lowest BCUT2D eigenvalue weighted by Crippen LogP contribution is -2.60. The topological polar surface area (TPSA) is 98.2 Å². The molecule has 2 amide bonds. The van der Waals surface area contributed by atoms with Crippen LogP contribution in [0.4, 0.5) is 0 Å². The molecule has 1 unspecified atom stereocenters. The molecule has 1 rings (SSSR count). The van der Waals surface area contributed by atoms with Gasteiger partial charge in [0, 0.05) is 17.5 Å². The van der Waals surface area contributed by atoms with Gasteiger partial charge >= 0.3 is 0 Å². The third kappa shape index (κ3) is 5.97. The van der Waals surface area contributed by atoms with E-state index in [1.54, 1.807) is 44.2 Å². The zero-order valence-electron chi connectivity index (χ0n) is 13.7. The Labute approximate surface area is 137 Å². The molecule has 5 nitrogen and oxygen atoms in total. The Balaban J connectivity index is 2.81. The average Bonchev–Trinajstić information content (AvgIpc) is 2.48. The second-order valence-corrected chi connectivity index (χ2v) is 5.76. The van der Waals surface area contributed by atoms with E-state index in [9.17, 15) is 9.59 Å². The van der Waals surface area contributed by atoms with Crippen molar-refractivity contribution in [2.75, 3.05) is 0 Å². The van der Waals surface area contributed by atoms with Gasteiger partial charge in [-0.25, -0.2) is 0 Å². The van der Waals surface area contributed by atoms with Gasteiger partial charge in [-0.05, 0) is 43.7 Å². The van der Waals surface area contributed by atoms with E-state index in [4.69, 9.17) is 11.5 Å². The smallest absolute Gasteiger partial charge is 0.251 e. The Hall–Kier alpha value is -2.58. The van der Waals surface area contributed by atoms with Gasteiger partial charge in [0.15, 0.2) is 0 Å². The minimum absolute atomic E-state index is 0.395. The number of amides is 2. The predicted molar refractivity (Wildman–Crippen MR) is 92.3 cm³/mol. The fraction of sp³-hybridized carbons (Fsp3) is 0.333. The maximum atomic E-state index is 12.2. The van der Waals surface area contributed by atoms with E-state index in [0.717, 1.165) is 12.0 Å².